The minimum Gasteiger partial charge on any atom is -0.426 e. The molecule has 11 heteroatoms. The fourth-order valence-electron chi connectivity index (χ4n) is 4.29. The predicted octanol–water partition coefficient (Wildman–Crippen LogP) is 0.758. The number of hydrogen-bond donors (Lipinski definition) is 5. The summed E-state index contributed by atoms with van der Waals surface area (Å²) in [7, 11) is -5.86. The molecule has 34 heavy (non-hydrogen) atoms. The van der Waals surface area contributed by atoms with Gasteiger partial charge in [0.15, 0.2) is 0 Å². The van der Waals surface area contributed by atoms with Crippen molar-refractivity contribution in [1.29, 1.82) is 0 Å². The molecule has 0 aromatic heterocycles. The van der Waals surface area contributed by atoms with Crippen LogP contribution in [0.15, 0.2) is 53.4 Å². The molecule has 1 saturated carbocycles. The molecule has 1 fully saturated rings. The number of anilines is 1. The normalized spacial score (nSPS) is 17.3. The Labute approximate surface area is 199 Å². The molecule has 2 aromatic rings. The topological polar surface area (TPSA) is 145 Å². The van der Waals surface area contributed by atoms with Crippen LogP contribution in [0.2, 0.25) is 0 Å². The summed E-state index contributed by atoms with van der Waals surface area (Å²) in [6.07, 6.45) is 3.59. The lowest BCUT2D eigenvalue weighted by molar-refractivity contribution is -0.123. The number of carbonyl (C=O) groups is 2. The third kappa shape index (κ3) is 5.85. The molecule has 1 heterocycles. The standard InChI is InChI=1S/C23H28BN3O6S/c28-22-14-17-13-18(9-10-19(17)25-22)34(32,33)27-20(11-15-5-2-1-3-6-15)23(29)26-21(24(30)31)12-16-7-4-8-16/h1-3,5-6,9-10,13,16,20-21,27,30-31H,4,7-8,11-12,14H2,(H,25,28)(H,26,29)/t20-,21-/m0/s1. The molecular weight excluding hydrogens is 457 g/mol. The van der Waals surface area contributed by atoms with Crippen LogP contribution in [0.3, 0.4) is 0 Å². The molecule has 5 N–H and O–H groups in total. The van der Waals surface area contributed by atoms with E-state index in [0.29, 0.717) is 23.6 Å². The van der Waals surface area contributed by atoms with Crippen molar-refractivity contribution in [3.63, 3.8) is 0 Å². The van der Waals surface area contributed by atoms with Gasteiger partial charge in [0, 0.05) is 5.69 Å². The van der Waals surface area contributed by atoms with E-state index in [9.17, 15) is 28.1 Å². The van der Waals surface area contributed by atoms with Crippen molar-refractivity contribution in [3.8, 4) is 0 Å². The highest BCUT2D eigenvalue weighted by Crippen LogP contribution is 2.30. The highest BCUT2D eigenvalue weighted by Gasteiger charge is 2.34. The predicted molar refractivity (Wildman–Crippen MR) is 127 cm³/mol. The lowest BCUT2D eigenvalue weighted by Gasteiger charge is -2.30. The average Bonchev–Trinajstić information content (AvgIpc) is 3.14. The summed E-state index contributed by atoms with van der Waals surface area (Å²) in [4.78, 5) is 24.7. The second kappa shape index (κ2) is 10.3. The smallest absolute Gasteiger partial charge is 0.426 e. The van der Waals surface area contributed by atoms with Gasteiger partial charge in [0.1, 0.15) is 6.04 Å². The average molecular weight is 485 g/mol. The van der Waals surface area contributed by atoms with E-state index in [1.165, 1.54) is 18.2 Å². The molecule has 0 spiro atoms. The largest absolute Gasteiger partial charge is 0.475 e. The number of rotatable bonds is 10. The number of sulfonamides is 1. The van der Waals surface area contributed by atoms with Crippen LogP contribution in [0.1, 0.15) is 36.8 Å². The van der Waals surface area contributed by atoms with Gasteiger partial charge in [0.25, 0.3) is 0 Å². The van der Waals surface area contributed by atoms with Gasteiger partial charge in [-0.05, 0) is 48.1 Å². The van der Waals surface area contributed by atoms with E-state index in [1.807, 2.05) is 6.07 Å². The van der Waals surface area contributed by atoms with Crippen LogP contribution in [-0.4, -0.2) is 49.4 Å². The Morgan fingerprint density at radius 2 is 1.88 bits per heavy atom. The first-order valence-electron chi connectivity index (χ1n) is 11.4. The van der Waals surface area contributed by atoms with Crippen molar-refractivity contribution < 1.29 is 28.1 Å². The number of hydrogen-bond acceptors (Lipinski definition) is 6. The Morgan fingerprint density at radius 3 is 2.53 bits per heavy atom. The molecule has 2 aliphatic rings. The highest BCUT2D eigenvalue weighted by atomic mass is 32.2. The molecule has 0 saturated heterocycles. The summed E-state index contributed by atoms with van der Waals surface area (Å²) in [5, 5.41) is 24.9. The first-order valence-corrected chi connectivity index (χ1v) is 12.8. The lowest BCUT2D eigenvalue weighted by atomic mass is 9.69. The first-order chi connectivity index (χ1) is 16.2. The summed E-state index contributed by atoms with van der Waals surface area (Å²) in [6.45, 7) is 0. The number of benzene rings is 2. The molecule has 9 nitrogen and oxygen atoms in total. The molecule has 2 aromatic carbocycles. The van der Waals surface area contributed by atoms with Crippen LogP contribution in [0.25, 0.3) is 0 Å². The van der Waals surface area contributed by atoms with Gasteiger partial charge >= 0.3 is 7.12 Å². The van der Waals surface area contributed by atoms with Gasteiger partial charge in [0.05, 0.1) is 17.3 Å². The number of nitrogens with one attached hydrogen (secondary N) is 3. The van der Waals surface area contributed by atoms with Gasteiger partial charge < -0.3 is 20.7 Å². The minimum atomic E-state index is -4.11. The molecule has 1 aliphatic carbocycles. The molecule has 4 rings (SSSR count). The van der Waals surface area contributed by atoms with Crippen molar-refractivity contribution in [2.45, 2.75) is 55.4 Å². The Kier molecular flexibility index (Phi) is 7.37. The molecule has 2 amide bonds. The van der Waals surface area contributed by atoms with E-state index >= 15 is 0 Å². The fraction of sp³-hybridized carbons (Fsp3) is 0.391. The zero-order chi connectivity index (χ0) is 24.3. The summed E-state index contributed by atoms with van der Waals surface area (Å²) in [6, 6.07) is 12.1. The fourth-order valence-corrected chi connectivity index (χ4v) is 5.54. The van der Waals surface area contributed by atoms with Crippen LogP contribution in [-0.2, 0) is 32.5 Å². The third-order valence-corrected chi connectivity index (χ3v) is 7.88. The monoisotopic (exact) mass is 485 g/mol. The quantitative estimate of drug-likeness (QED) is 0.314. The van der Waals surface area contributed by atoms with Gasteiger partial charge in [-0.15, -0.1) is 0 Å². The summed E-state index contributed by atoms with van der Waals surface area (Å²) in [5.41, 5.74) is 1.88. The molecule has 0 unspecified atom stereocenters. The van der Waals surface area contributed by atoms with E-state index in [1.54, 1.807) is 24.3 Å². The van der Waals surface area contributed by atoms with E-state index in [2.05, 4.69) is 15.4 Å². The van der Waals surface area contributed by atoms with Crippen molar-refractivity contribution in [2.24, 2.45) is 5.92 Å². The number of carbonyl (C=O) groups excluding carboxylic acids is 2. The molecule has 1 aliphatic heterocycles. The van der Waals surface area contributed by atoms with Gasteiger partial charge in [-0.3, -0.25) is 9.59 Å². The zero-order valence-electron chi connectivity index (χ0n) is 18.6. The lowest BCUT2D eigenvalue weighted by Crippen LogP contribution is -2.55. The van der Waals surface area contributed by atoms with Crippen molar-refractivity contribution in [1.82, 2.24) is 10.0 Å². The van der Waals surface area contributed by atoms with E-state index in [0.717, 1.165) is 24.8 Å². The first kappa shape index (κ1) is 24.4. The van der Waals surface area contributed by atoms with E-state index < -0.39 is 35.0 Å². The molecule has 0 bridgehead atoms. The van der Waals surface area contributed by atoms with Gasteiger partial charge in [0.2, 0.25) is 21.8 Å². The van der Waals surface area contributed by atoms with Crippen molar-refractivity contribution in [2.75, 3.05) is 5.32 Å². The summed E-state index contributed by atoms with van der Waals surface area (Å²) >= 11 is 0. The third-order valence-electron chi connectivity index (χ3n) is 6.41. The van der Waals surface area contributed by atoms with Crippen LogP contribution < -0.4 is 15.4 Å². The van der Waals surface area contributed by atoms with Gasteiger partial charge in [-0.2, -0.15) is 4.72 Å². The van der Waals surface area contributed by atoms with E-state index in [4.69, 9.17) is 0 Å². The van der Waals surface area contributed by atoms with Crippen molar-refractivity contribution >= 4 is 34.6 Å². The number of fused-ring (bicyclic) bond motifs is 1. The summed E-state index contributed by atoms with van der Waals surface area (Å²) < 4.78 is 28.8. The number of amides is 2. The summed E-state index contributed by atoms with van der Waals surface area (Å²) in [5.74, 6) is -1.43. The maximum absolute atomic E-state index is 13.2. The van der Waals surface area contributed by atoms with Crippen molar-refractivity contribution in [3.05, 3.63) is 59.7 Å². The van der Waals surface area contributed by atoms with Gasteiger partial charge in [-0.25, -0.2) is 8.42 Å². The highest BCUT2D eigenvalue weighted by molar-refractivity contribution is 7.89. The Balaban J connectivity index is 1.54. The molecule has 0 radical (unpaired) electrons. The van der Waals surface area contributed by atoms with E-state index in [-0.39, 0.29) is 23.6 Å². The SMILES string of the molecule is O=C1Cc2cc(S(=O)(=O)N[C@@H](Cc3ccccc3)C(=O)N[C@@H](CC3CCC3)B(O)O)ccc2N1. The Bertz CT molecular complexity index is 1150. The molecule has 180 valence electrons. The zero-order valence-corrected chi connectivity index (χ0v) is 19.4. The molecular formula is C23H28BN3O6S. The maximum Gasteiger partial charge on any atom is 0.475 e. The van der Waals surface area contributed by atoms with Gasteiger partial charge in [-0.1, -0.05) is 49.6 Å². The molecule has 2 atom stereocenters. The van der Waals surface area contributed by atoms with Crippen LogP contribution in [0.5, 0.6) is 0 Å². The Hall–Kier alpha value is -2.73. The Morgan fingerprint density at radius 1 is 1.15 bits per heavy atom. The van der Waals surface area contributed by atoms with Crippen LogP contribution in [0, 0.1) is 5.92 Å². The van der Waals surface area contributed by atoms with Crippen LogP contribution in [0.4, 0.5) is 5.69 Å². The minimum absolute atomic E-state index is 0.0539. The second-order valence-electron chi connectivity index (χ2n) is 8.97. The second-order valence-corrected chi connectivity index (χ2v) is 10.7. The maximum atomic E-state index is 13.2. The van der Waals surface area contributed by atoms with Crippen LogP contribution >= 0.6 is 0 Å².